The summed E-state index contributed by atoms with van der Waals surface area (Å²) in [6, 6.07) is 7.89. The number of nitrogens with one attached hydrogen (secondary N) is 1. The lowest BCUT2D eigenvalue weighted by Gasteiger charge is -2.33. The molecule has 1 aliphatic rings. The summed E-state index contributed by atoms with van der Waals surface area (Å²) >= 11 is 0. The van der Waals surface area contributed by atoms with Crippen molar-refractivity contribution in [2.75, 3.05) is 13.7 Å². The predicted octanol–water partition coefficient (Wildman–Crippen LogP) is 2.96. The quantitative estimate of drug-likeness (QED) is 0.812. The standard InChI is InChI=1S/C19H29NO3/c1-12(2)17(21)19(3,4)11-20-18(22)15-10-14(15)13-8-6-7-9-16(13)23-5/h6-9,12,14-15,17,21H,10-11H2,1-5H3,(H,20,22). The van der Waals surface area contributed by atoms with E-state index < -0.39 is 6.10 Å². The van der Waals surface area contributed by atoms with E-state index in [1.807, 2.05) is 52.0 Å². The molecule has 1 aromatic rings. The van der Waals surface area contributed by atoms with Crippen molar-refractivity contribution in [2.24, 2.45) is 17.3 Å². The smallest absolute Gasteiger partial charge is 0.223 e. The molecule has 1 aromatic carbocycles. The first-order valence-corrected chi connectivity index (χ1v) is 8.36. The maximum atomic E-state index is 12.4. The van der Waals surface area contributed by atoms with Crippen molar-refractivity contribution in [3.8, 4) is 5.75 Å². The van der Waals surface area contributed by atoms with Crippen LogP contribution in [-0.2, 0) is 4.79 Å². The summed E-state index contributed by atoms with van der Waals surface area (Å²) in [4.78, 5) is 12.4. The lowest BCUT2D eigenvalue weighted by Crippen LogP contribution is -2.44. The molecule has 0 bridgehead atoms. The first-order valence-electron chi connectivity index (χ1n) is 8.36. The first kappa shape index (κ1) is 17.8. The first-order chi connectivity index (χ1) is 10.8. The third kappa shape index (κ3) is 4.05. The number of methoxy groups -OCH3 is 1. The van der Waals surface area contributed by atoms with Crippen molar-refractivity contribution < 1.29 is 14.6 Å². The van der Waals surface area contributed by atoms with Gasteiger partial charge in [0.15, 0.2) is 0 Å². The molecule has 1 amide bonds. The molecule has 1 fully saturated rings. The minimum absolute atomic E-state index is 0.0123. The van der Waals surface area contributed by atoms with E-state index in [0.29, 0.717) is 6.54 Å². The Balaban J connectivity index is 1.92. The normalized spacial score (nSPS) is 21.9. The molecular weight excluding hydrogens is 290 g/mol. The van der Waals surface area contributed by atoms with Crippen LogP contribution in [0, 0.1) is 17.3 Å². The average molecular weight is 319 g/mol. The topological polar surface area (TPSA) is 58.6 Å². The number of aliphatic hydroxyl groups is 1. The molecule has 1 aliphatic carbocycles. The van der Waals surface area contributed by atoms with Crippen LogP contribution in [0.4, 0.5) is 0 Å². The van der Waals surface area contributed by atoms with Gasteiger partial charge in [0.05, 0.1) is 13.2 Å². The summed E-state index contributed by atoms with van der Waals surface area (Å²) in [5.41, 5.74) is 0.773. The Morgan fingerprint density at radius 1 is 1.39 bits per heavy atom. The van der Waals surface area contributed by atoms with Crippen LogP contribution in [0.1, 0.15) is 45.6 Å². The van der Waals surface area contributed by atoms with E-state index in [-0.39, 0.29) is 29.1 Å². The number of carbonyl (C=O) groups is 1. The molecule has 128 valence electrons. The van der Waals surface area contributed by atoms with E-state index in [2.05, 4.69) is 5.32 Å². The second kappa shape index (κ2) is 6.91. The van der Waals surface area contributed by atoms with Crippen LogP contribution in [0.25, 0.3) is 0 Å². The lowest BCUT2D eigenvalue weighted by atomic mass is 9.80. The molecule has 0 heterocycles. The van der Waals surface area contributed by atoms with Crippen molar-refractivity contribution >= 4 is 5.91 Å². The Morgan fingerprint density at radius 3 is 2.65 bits per heavy atom. The van der Waals surface area contributed by atoms with E-state index in [9.17, 15) is 9.90 Å². The van der Waals surface area contributed by atoms with Crippen LogP contribution in [0.3, 0.4) is 0 Å². The molecule has 2 N–H and O–H groups in total. The highest BCUT2D eigenvalue weighted by Crippen LogP contribution is 2.50. The van der Waals surface area contributed by atoms with Gasteiger partial charge in [-0.25, -0.2) is 0 Å². The van der Waals surface area contributed by atoms with E-state index in [4.69, 9.17) is 4.74 Å². The summed E-state index contributed by atoms with van der Waals surface area (Å²) in [6.07, 6.45) is 0.423. The third-order valence-corrected chi connectivity index (χ3v) is 4.82. The van der Waals surface area contributed by atoms with Crippen LogP contribution in [0.5, 0.6) is 5.75 Å². The Kier molecular flexibility index (Phi) is 5.35. The SMILES string of the molecule is COc1ccccc1C1CC1C(=O)NCC(C)(C)C(O)C(C)C. The summed E-state index contributed by atoms with van der Waals surface area (Å²) < 4.78 is 5.38. The Morgan fingerprint density at radius 2 is 2.04 bits per heavy atom. The summed E-state index contributed by atoms with van der Waals surface area (Å²) in [6.45, 7) is 8.45. The molecule has 3 atom stereocenters. The largest absolute Gasteiger partial charge is 0.496 e. The number of para-hydroxylation sites is 1. The van der Waals surface area contributed by atoms with Crippen molar-refractivity contribution in [1.29, 1.82) is 0 Å². The van der Waals surface area contributed by atoms with E-state index in [0.717, 1.165) is 17.7 Å². The minimum Gasteiger partial charge on any atom is -0.496 e. The van der Waals surface area contributed by atoms with Gasteiger partial charge in [-0.05, 0) is 29.9 Å². The molecular formula is C19H29NO3. The number of benzene rings is 1. The van der Waals surface area contributed by atoms with Gasteiger partial charge < -0.3 is 15.2 Å². The van der Waals surface area contributed by atoms with Crippen molar-refractivity contribution in [1.82, 2.24) is 5.32 Å². The van der Waals surface area contributed by atoms with Gasteiger partial charge in [-0.15, -0.1) is 0 Å². The van der Waals surface area contributed by atoms with Crippen LogP contribution in [0.15, 0.2) is 24.3 Å². The fourth-order valence-corrected chi connectivity index (χ4v) is 3.25. The number of ether oxygens (including phenoxy) is 1. The third-order valence-electron chi connectivity index (χ3n) is 4.82. The van der Waals surface area contributed by atoms with Gasteiger partial charge in [0.2, 0.25) is 5.91 Å². The van der Waals surface area contributed by atoms with Crippen LogP contribution >= 0.6 is 0 Å². The van der Waals surface area contributed by atoms with E-state index >= 15 is 0 Å². The Labute approximate surface area is 139 Å². The number of hydrogen-bond acceptors (Lipinski definition) is 3. The maximum absolute atomic E-state index is 12.4. The highest BCUT2D eigenvalue weighted by Gasteiger charge is 2.45. The number of rotatable bonds is 7. The molecule has 3 unspecified atom stereocenters. The van der Waals surface area contributed by atoms with Crippen LogP contribution < -0.4 is 10.1 Å². The fraction of sp³-hybridized carbons (Fsp3) is 0.632. The van der Waals surface area contributed by atoms with E-state index in [1.54, 1.807) is 7.11 Å². The molecule has 4 nitrogen and oxygen atoms in total. The molecule has 0 radical (unpaired) electrons. The van der Waals surface area contributed by atoms with Gasteiger partial charge in [-0.3, -0.25) is 4.79 Å². The van der Waals surface area contributed by atoms with Gasteiger partial charge in [0.1, 0.15) is 5.75 Å². The van der Waals surface area contributed by atoms with Gasteiger partial charge in [0, 0.05) is 17.9 Å². The van der Waals surface area contributed by atoms with Gasteiger partial charge in [0.25, 0.3) is 0 Å². The second-order valence-electron chi connectivity index (χ2n) is 7.59. The Hall–Kier alpha value is -1.55. The zero-order valence-electron chi connectivity index (χ0n) is 14.8. The van der Waals surface area contributed by atoms with Crippen molar-refractivity contribution in [3.63, 3.8) is 0 Å². The number of aliphatic hydroxyl groups excluding tert-OH is 1. The number of amides is 1. The Bertz CT molecular complexity index is 553. The summed E-state index contributed by atoms with van der Waals surface area (Å²) in [5.74, 6) is 1.35. The number of hydrogen-bond donors (Lipinski definition) is 2. The molecule has 0 aliphatic heterocycles. The monoisotopic (exact) mass is 319 g/mol. The van der Waals surface area contributed by atoms with Gasteiger partial charge in [-0.1, -0.05) is 45.9 Å². The maximum Gasteiger partial charge on any atom is 0.223 e. The summed E-state index contributed by atoms with van der Waals surface area (Å²) in [7, 11) is 1.66. The van der Waals surface area contributed by atoms with Gasteiger partial charge >= 0.3 is 0 Å². The molecule has 2 rings (SSSR count). The van der Waals surface area contributed by atoms with Gasteiger partial charge in [-0.2, -0.15) is 0 Å². The molecule has 1 saturated carbocycles. The van der Waals surface area contributed by atoms with E-state index in [1.165, 1.54) is 0 Å². The van der Waals surface area contributed by atoms with Crippen LogP contribution in [0.2, 0.25) is 0 Å². The highest BCUT2D eigenvalue weighted by molar-refractivity contribution is 5.83. The zero-order chi connectivity index (χ0) is 17.2. The average Bonchev–Trinajstić information content (AvgIpc) is 3.32. The van der Waals surface area contributed by atoms with Crippen LogP contribution in [-0.4, -0.2) is 30.8 Å². The molecule has 0 saturated heterocycles. The molecule has 0 aromatic heterocycles. The molecule has 0 spiro atoms. The lowest BCUT2D eigenvalue weighted by molar-refractivity contribution is -0.123. The fourth-order valence-electron chi connectivity index (χ4n) is 3.25. The second-order valence-corrected chi connectivity index (χ2v) is 7.59. The summed E-state index contributed by atoms with van der Waals surface area (Å²) in [5, 5.41) is 13.3. The highest BCUT2D eigenvalue weighted by atomic mass is 16.5. The van der Waals surface area contributed by atoms with Crippen molar-refractivity contribution in [2.45, 2.75) is 46.1 Å². The molecule has 4 heteroatoms. The van der Waals surface area contributed by atoms with Crippen molar-refractivity contribution in [3.05, 3.63) is 29.8 Å². The minimum atomic E-state index is -0.438. The zero-order valence-corrected chi connectivity index (χ0v) is 14.8. The number of carbonyl (C=O) groups excluding carboxylic acids is 1. The molecule has 23 heavy (non-hydrogen) atoms. The predicted molar refractivity (Wildman–Crippen MR) is 91.5 cm³/mol.